The number of nitrogens with one attached hydrogen (secondary N) is 1. The molecule has 0 bridgehead atoms. The fourth-order valence-corrected chi connectivity index (χ4v) is 3.15. The SMILES string of the molecule is CCC(C)Oc1c(CNC2CCCC(C)C2)cccc1OC. The van der Waals surface area contributed by atoms with Crippen molar-refractivity contribution in [3.05, 3.63) is 23.8 Å². The van der Waals surface area contributed by atoms with E-state index in [0.29, 0.717) is 6.04 Å². The fraction of sp³-hybridized carbons (Fsp3) is 0.684. The van der Waals surface area contributed by atoms with Crippen LogP contribution in [0.5, 0.6) is 11.5 Å². The molecule has 3 nitrogen and oxygen atoms in total. The molecular weight excluding hydrogens is 274 g/mol. The molecule has 1 aromatic rings. The highest BCUT2D eigenvalue weighted by molar-refractivity contribution is 5.46. The van der Waals surface area contributed by atoms with Crippen molar-refractivity contribution in [2.45, 2.75) is 71.6 Å². The van der Waals surface area contributed by atoms with Crippen LogP contribution in [-0.2, 0) is 6.54 Å². The van der Waals surface area contributed by atoms with Gasteiger partial charge in [-0.05, 0) is 38.2 Å². The topological polar surface area (TPSA) is 30.5 Å². The van der Waals surface area contributed by atoms with E-state index in [1.807, 2.05) is 12.1 Å². The van der Waals surface area contributed by atoms with E-state index < -0.39 is 0 Å². The van der Waals surface area contributed by atoms with E-state index in [1.54, 1.807) is 7.11 Å². The second-order valence-corrected chi connectivity index (χ2v) is 6.63. The van der Waals surface area contributed by atoms with Crippen molar-refractivity contribution in [3.8, 4) is 11.5 Å². The van der Waals surface area contributed by atoms with Crippen molar-refractivity contribution < 1.29 is 9.47 Å². The van der Waals surface area contributed by atoms with E-state index in [0.717, 1.165) is 30.4 Å². The Kier molecular flexibility index (Phi) is 6.56. The minimum atomic E-state index is 0.199. The molecule has 0 radical (unpaired) electrons. The van der Waals surface area contributed by atoms with Crippen LogP contribution in [0.3, 0.4) is 0 Å². The van der Waals surface area contributed by atoms with Crippen LogP contribution >= 0.6 is 0 Å². The van der Waals surface area contributed by atoms with Crippen LogP contribution in [0, 0.1) is 5.92 Å². The summed E-state index contributed by atoms with van der Waals surface area (Å²) in [6.07, 6.45) is 6.48. The number of rotatable bonds is 7. The molecular formula is C19H31NO2. The third-order valence-electron chi connectivity index (χ3n) is 4.69. The van der Waals surface area contributed by atoms with Gasteiger partial charge in [-0.25, -0.2) is 0 Å². The number of hydrogen-bond donors (Lipinski definition) is 1. The van der Waals surface area contributed by atoms with E-state index in [-0.39, 0.29) is 6.10 Å². The van der Waals surface area contributed by atoms with Crippen molar-refractivity contribution >= 4 is 0 Å². The third-order valence-corrected chi connectivity index (χ3v) is 4.69. The third kappa shape index (κ3) is 4.64. The Morgan fingerprint density at radius 3 is 2.82 bits per heavy atom. The summed E-state index contributed by atoms with van der Waals surface area (Å²) in [6.45, 7) is 7.45. The lowest BCUT2D eigenvalue weighted by Gasteiger charge is -2.28. The summed E-state index contributed by atoms with van der Waals surface area (Å²) >= 11 is 0. The highest BCUT2D eigenvalue weighted by Gasteiger charge is 2.19. The van der Waals surface area contributed by atoms with Crippen LogP contribution in [0.4, 0.5) is 0 Å². The molecule has 0 saturated heterocycles. The second-order valence-electron chi connectivity index (χ2n) is 6.63. The molecule has 1 aliphatic rings. The highest BCUT2D eigenvalue weighted by atomic mass is 16.5. The number of methoxy groups -OCH3 is 1. The lowest BCUT2D eigenvalue weighted by molar-refractivity contribution is 0.204. The van der Waals surface area contributed by atoms with Gasteiger partial charge in [0.15, 0.2) is 11.5 Å². The molecule has 3 unspecified atom stereocenters. The van der Waals surface area contributed by atoms with Gasteiger partial charge in [0.05, 0.1) is 13.2 Å². The molecule has 1 aliphatic carbocycles. The summed E-state index contributed by atoms with van der Waals surface area (Å²) in [5.74, 6) is 2.57. The average Bonchev–Trinajstić information content (AvgIpc) is 2.53. The molecule has 1 fully saturated rings. The molecule has 3 heteroatoms. The first-order valence-electron chi connectivity index (χ1n) is 8.70. The smallest absolute Gasteiger partial charge is 0.166 e. The van der Waals surface area contributed by atoms with Gasteiger partial charge in [0, 0.05) is 18.2 Å². The summed E-state index contributed by atoms with van der Waals surface area (Å²) < 4.78 is 11.6. The Labute approximate surface area is 135 Å². The summed E-state index contributed by atoms with van der Waals surface area (Å²) in [4.78, 5) is 0. The maximum Gasteiger partial charge on any atom is 0.166 e. The molecule has 1 saturated carbocycles. The zero-order chi connectivity index (χ0) is 15.9. The van der Waals surface area contributed by atoms with Crippen LogP contribution < -0.4 is 14.8 Å². The first kappa shape index (κ1) is 17.1. The predicted octanol–water partition coefficient (Wildman–Crippen LogP) is 4.54. The number of benzene rings is 1. The van der Waals surface area contributed by atoms with Gasteiger partial charge in [-0.2, -0.15) is 0 Å². The Hall–Kier alpha value is -1.22. The van der Waals surface area contributed by atoms with E-state index in [1.165, 1.54) is 31.2 Å². The molecule has 0 amide bonds. The molecule has 0 aromatic heterocycles. The number of hydrogen-bond acceptors (Lipinski definition) is 3. The quantitative estimate of drug-likeness (QED) is 0.802. The van der Waals surface area contributed by atoms with Crippen molar-refractivity contribution in [2.24, 2.45) is 5.92 Å². The molecule has 0 heterocycles. The van der Waals surface area contributed by atoms with Crippen LogP contribution in [0.15, 0.2) is 18.2 Å². The summed E-state index contributed by atoms with van der Waals surface area (Å²) in [5.41, 5.74) is 1.19. The monoisotopic (exact) mass is 305 g/mol. The maximum absolute atomic E-state index is 6.11. The first-order valence-corrected chi connectivity index (χ1v) is 8.70. The summed E-state index contributed by atoms with van der Waals surface area (Å²) in [7, 11) is 1.71. The van der Waals surface area contributed by atoms with Gasteiger partial charge >= 0.3 is 0 Å². The minimum Gasteiger partial charge on any atom is -0.493 e. The van der Waals surface area contributed by atoms with Crippen molar-refractivity contribution in [2.75, 3.05) is 7.11 Å². The van der Waals surface area contributed by atoms with Crippen molar-refractivity contribution in [1.29, 1.82) is 0 Å². The molecule has 0 aliphatic heterocycles. The van der Waals surface area contributed by atoms with Gasteiger partial charge in [-0.15, -0.1) is 0 Å². The van der Waals surface area contributed by atoms with Gasteiger partial charge in [0.1, 0.15) is 0 Å². The van der Waals surface area contributed by atoms with Gasteiger partial charge in [0.25, 0.3) is 0 Å². The van der Waals surface area contributed by atoms with Crippen LogP contribution in [-0.4, -0.2) is 19.3 Å². The zero-order valence-corrected chi connectivity index (χ0v) is 14.5. The first-order chi connectivity index (χ1) is 10.6. The van der Waals surface area contributed by atoms with Crippen LogP contribution in [0.2, 0.25) is 0 Å². The molecule has 0 spiro atoms. The average molecular weight is 305 g/mol. The minimum absolute atomic E-state index is 0.199. The van der Waals surface area contributed by atoms with E-state index in [9.17, 15) is 0 Å². The molecule has 22 heavy (non-hydrogen) atoms. The number of para-hydroxylation sites is 1. The molecule has 124 valence electrons. The van der Waals surface area contributed by atoms with E-state index in [4.69, 9.17) is 9.47 Å². The molecule has 1 N–H and O–H groups in total. The summed E-state index contributed by atoms with van der Waals surface area (Å²) in [6, 6.07) is 6.79. The maximum atomic E-state index is 6.11. The largest absolute Gasteiger partial charge is 0.493 e. The molecule has 2 rings (SSSR count). The molecule has 1 aromatic carbocycles. The van der Waals surface area contributed by atoms with Gasteiger partial charge in [-0.1, -0.05) is 38.8 Å². The normalized spacial score (nSPS) is 23.1. The predicted molar refractivity (Wildman–Crippen MR) is 91.6 cm³/mol. The Morgan fingerprint density at radius 1 is 1.32 bits per heavy atom. The van der Waals surface area contributed by atoms with Crippen molar-refractivity contribution in [3.63, 3.8) is 0 Å². The molecule has 3 atom stereocenters. The Morgan fingerprint density at radius 2 is 2.14 bits per heavy atom. The fourth-order valence-electron chi connectivity index (χ4n) is 3.15. The second kappa shape index (κ2) is 8.42. The van der Waals surface area contributed by atoms with Gasteiger partial charge in [0.2, 0.25) is 0 Å². The van der Waals surface area contributed by atoms with Crippen LogP contribution in [0.25, 0.3) is 0 Å². The Balaban J connectivity index is 2.05. The lowest BCUT2D eigenvalue weighted by atomic mass is 9.87. The standard InChI is InChI=1S/C19H31NO2/c1-5-15(3)22-19-16(9-7-11-18(19)21-4)13-20-17-10-6-8-14(2)12-17/h7,9,11,14-15,17,20H,5-6,8,10,12-13H2,1-4H3. The van der Waals surface area contributed by atoms with Crippen LogP contribution in [0.1, 0.15) is 58.4 Å². The Bertz CT molecular complexity index is 461. The van der Waals surface area contributed by atoms with E-state index in [2.05, 4.69) is 32.2 Å². The summed E-state index contributed by atoms with van der Waals surface area (Å²) in [5, 5.41) is 3.72. The highest BCUT2D eigenvalue weighted by Crippen LogP contribution is 2.33. The van der Waals surface area contributed by atoms with Gasteiger partial charge < -0.3 is 14.8 Å². The lowest BCUT2D eigenvalue weighted by Crippen LogP contribution is -2.33. The van der Waals surface area contributed by atoms with Gasteiger partial charge in [-0.3, -0.25) is 0 Å². The van der Waals surface area contributed by atoms with Crippen molar-refractivity contribution in [1.82, 2.24) is 5.32 Å². The number of ether oxygens (including phenoxy) is 2. The zero-order valence-electron chi connectivity index (χ0n) is 14.5. The van der Waals surface area contributed by atoms with E-state index >= 15 is 0 Å².